The van der Waals surface area contributed by atoms with Crippen LogP contribution in [0.1, 0.15) is 45.6 Å². The summed E-state index contributed by atoms with van der Waals surface area (Å²) >= 11 is 0. The highest BCUT2D eigenvalue weighted by Crippen LogP contribution is 2.51. The van der Waals surface area contributed by atoms with E-state index in [1.165, 1.54) is 0 Å². The molecule has 3 aromatic rings. The summed E-state index contributed by atoms with van der Waals surface area (Å²) in [6.45, 7) is 5.83. The average Bonchev–Trinajstić information content (AvgIpc) is 3.51. The Labute approximate surface area is 226 Å². The SMILES string of the molecule is CC(C)(C)OC(=O)n1cc(-c2cccc(CC(=O)Nc3cc(N4CC[C@@](C#N)(C5CC5)C4=O)ccn3)c2)cn1. The normalized spacial score (nSPS) is 19.0. The Kier molecular flexibility index (Phi) is 6.68. The number of pyridine rings is 1. The number of ether oxygens (including phenoxy) is 1. The number of nitrogens with one attached hydrogen (secondary N) is 1. The topological polar surface area (TPSA) is 130 Å². The van der Waals surface area contributed by atoms with Crippen LogP contribution in [0.25, 0.3) is 11.1 Å². The van der Waals surface area contributed by atoms with Gasteiger partial charge in [0.1, 0.15) is 16.8 Å². The van der Waals surface area contributed by atoms with E-state index in [1.807, 2.05) is 24.3 Å². The molecule has 1 saturated heterocycles. The van der Waals surface area contributed by atoms with Gasteiger partial charge in [-0.3, -0.25) is 9.59 Å². The number of nitrogens with zero attached hydrogens (tertiary/aromatic N) is 5. The predicted molar refractivity (Wildman–Crippen MR) is 144 cm³/mol. The lowest BCUT2D eigenvalue weighted by atomic mass is 9.83. The van der Waals surface area contributed by atoms with Crippen molar-refractivity contribution in [1.29, 1.82) is 5.26 Å². The van der Waals surface area contributed by atoms with Crippen molar-refractivity contribution < 1.29 is 19.1 Å². The van der Waals surface area contributed by atoms with Crippen LogP contribution in [0, 0.1) is 22.7 Å². The number of aromatic nitrogens is 3. The molecule has 3 heterocycles. The standard InChI is InChI=1S/C29H30N6O4/c1-28(2,3)39-27(38)35-17-21(16-32-35)20-6-4-5-19(13-20)14-25(36)33-24-15-23(9-11-31-24)34-12-10-29(18-30,26(34)37)22-7-8-22/h4-6,9,11,13,15-17,22H,7-8,10,12,14H2,1-3H3,(H,31,33,36)/t29-/m1/s1. The minimum atomic E-state index is -0.929. The zero-order valence-electron chi connectivity index (χ0n) is 22.2. The van der Waals surface area contributed by atoms with Gasteiger partial charge in [-0.05, 0) is 63.1 Å². The van der Waals surface area contributed by atoms with Crippen molar-refractivity contribution in [1.82, 2.24) is 14.8 Å². The molecule has 2 aromatic heterocycles. The molecule has 10 heteroatoms. The number of amides is 2. The van der Waals surface area contributed by atoms with Crippen molar-refractivity contribution in [2.45, 2.75) is 52.1 Å². The molecule has 0 bridgehead atoms. The Morgan fingerprint density at radius 3 is 2.72 bits per heavy atom. The lowest BCUT2D eigenvalue weighted by Gasteiger charge is -2.21. The molecule has 39 heavy (non-hydrogen) atoms. The van der Waals surface area contributed by atoms with Gasteiger partial charge in [0.25, 0.3) is 0 Å². The monoisotopic (exact) mass is 526 g/mol. The molecule has 1 atom stereocenters. The summed E-state index contributed by atoms with van der Waals surface area (Å²) < 4.78 is 6.50. The predicted octanol–water partition coefficient (Wildman–Crippen LogP) is 4.57. The third-order valence-corrected chi connectivity index (χ3v) is 6.94. The fourth-order valence-electron chi connectivity index (χ4n) is 4.90. The number of carbonyl (C=O) groups excluding carboxylic acids is 3. The van der Waals surface area contributed by atoms with E-state index < -0.39 is 17.1 Å². The largest absolute Gasteiger partial charge is 0.442 e. The van der Waals surface area contributed by atoms with Crippen LogP contribution in [-0.2, 0) is 20.7 Å². The Bertz CT molecular complexity index is 1480. The Balaban J connectivity index is 1.24. The summed E-state index contributed by atoms with van der Waals surface area (Å²) in [5.41, 5.74) is 1.34. The molecule has 1 aromatic carbocycles. The van der Waals surface area contributed by atoms with Gasteiger partial charge in [-0.2, -0.15) is 15.0 Å². The smallest absolute Gasteiger partial charge is 0.435 e. The second-order valence-electron chi connectivity index (χ2n) is 11.0. The summed E-state index contributed by atoms with van der Waals surface area (Å²) in [4.78, 5) is 44.1. The van der Waals surface area contributed by atoms with E-state index in [4.69, 9.17) is 4.74 Å². The first-order valence-corrected chi connectivity index (χ1v) is 12.9. The highest BCUT2D eigenvalue weighted by molar-refractivity contribution is 6.02. The van der Waals surface area contributed by atoms with Crippen molar-refractivity contribution >= 4 is 29.4 Å². The molecule has 0 spiro atoms. The minimum absolute atomic E-state index is 0.0990. The molecule has 1 aliphatic carbocycles. The Morgan fingerprint density at radius 1 is 1.21 bits per heavy atom. The van der Waals surface area contributed by atoms with Gasteiger partial charge < -0.3 is 15.0 Å². The van der Waals surface area contributed by atoms with E-state index in [9.17, 15) is 19.6 Å². The zero-order chi connectivity index (χ0) is 27.8. The molecule has 2 aliphatic rings. The maximum Gasteiger partial charge on any atom is 0.435 e. The number of hydrogen-bond acceptors (Lipinski definition) is 7. The third kappa shape index (κ3) is 5.53. The highest BCUT2D eigenvalue weighted by Gasteiger charge is 2.56. The lowest BCUT2D eigenvalue weighted by molar-refractivity contribution is -0.123. The third-order valence-electron chi connectivity index (χ3n) is 6.94. The molecular formula is C29H30N6O4. The average molecular weight is 527 g/mol. The summed E-state index contributed by atoms with van der Waals surface area (Å²) in [7, 11) is 0. The van der Waals surface area contributed by atoms with Crippen molar-refractivity contribution in [3.63, 3.8) is 0 Å². The van der Waals surface area contributed by atoms with Crippen LogP contribution in [0.3, 0.4) is 0 Å². The van der Waals surface area contributed by atoms with Crippen LogP contribution < -0.4 is 10.2 Å². The molecule has 1 aliphatic heterocycles. The van der Waals surface area contributed by atoms with E-state index in [-0.39, 0.29) is 24.2 Å². The Hall–Kier alpha value is -4.52. The van der Waals surface area contributed by atoms with Crippen LogP contribution in [0.2, 0.25) is 0 Å². The molecular weight excluding hydrogens is 496 g/mol. The summed E-state index contributed by atoms with van der Waals surface area (Å²) in [5.74, 6) is 0.0468. The number of carbonyl (C=O) groups is 3. The number of anilines is 2. The first-order valence-electron chi connectivity index (χ1n) is 12.9. The van der Waals surface area contributed by atoms with E-state index in [1.54, 1.807) is 56.4 Å². The second-order valence-corrected chi connectivity index (χ2v) is 11.0. The van der Waals surface area contributed by atoms with E-state index in [0.29, 0.717) is 30.0 Å². The molecule has 1 saturated carbocycles. The van der Waals surface area contributed by atoms with Gasteiger partial charge in [-0.1, -0.05) is 24.3 Å². The van der Waals surface area contributed by atoms with Crippen molar-refractivity contribution in [2.75, 3.05) is 16.8 Å². The quantitative estimate of drug-likeness (QED) is 0.498. The van der Waals surface area contributed by atoms with Crippen molar-refractivity contribution in [2.24, 2.45) is 11.3 Å². The number of rotatable bonds is 6. The van der Waals surface area contributed by atoms with Crippen LogP contribution >= 0.6 is 0 Å². The Morgan fingerprint density at radius 2 is 2.00 bits per heavy atom. The van der Waals surface area contributed by atoms with Gasteiger partial charge in [0, 0.05) is 36.3 Å². The lowest BCUT2D eigenvalue weighted by Crippen LogP contribution is -2.35. The fourth-order valence-corrected chi connectivity index (χ4v) is 4.90. The molecule has 10 nitrogen and oxygen atoms in total. The zero-order valence-corrected chi connectivity index (χ0v) is 22.2. The number of benzene rings is 1. The molecule has 5 rings (SSSR count). The summed E-state index contributed by atoms with van der Waals surface area (Å²) in [5, 5.41) is 16.7. The molecule has 2 amide bonds. The van der Waals surface area contributed by atoms with Crippen LogP contribution in [0.15, 0.2) is 55.0 Å². The first-order chi connectivity index (χ1) is 18.6. The van der Waals surface area contributed by atoms with E-state index >= 15 is 0 Å². The van der Waals surface area contributed by atoms with Crippen molar-refractivity contribution in [3.8, 4) is 17.2 Å². The highest BCUT2D eigenvalue weighted by atomic mass is 16.6. The molecule has 200 valence electrons. The molecule has 2 fully saturated rings. The molecule has 0 unspecified atom stereocenters. The van der Waals surface area contributed by atoms with Gasteiger partial charge >= 0.3 is 6.09 Å². The van der Waals surface area contributed by atoms with Crippen LogP contribution in [0.4, 0.5) is 16.3 Å². The minimum Gasteiger partial charge on any atom is -0.442 e. The van der Waals surface area contributed by atoms with Crippen LogP contribution in [-0.4, -0.2) is 44.8 Å². The van der Waals surface area contributed by atoms with Gasteiger partial charge in [0.15, 0.2) is 0 Å². The van der Waals surface area contributed by atoms with Crippen molar-refractivity contribution in [3.05, 3.63) is 60.6 Å². The van der Waals surface area contributed by atoms with E-state index in [2.05, 4.69) is 21.5 Å². The molecule has 0 radical (unpaired) electrons. The van der Waals surface area contributed by atoms with Gasteiger partial charge in [0.2, 0.25) is 11.8 Å². The van der Waals surface area contributed by atoms with Gasteiger partial charge in [0.05, 0.1) is 18.7 Å². The fraction of sp³-hybridized carbons (Fsp3) is 0.379. The maximum absolute atomic E-state index is 13.1. The second kappa shape index (κ2) is 9.98. The summed E-state index contributed by atoms with van der Waals surface area (Å²) in [6, 6.07) is 13.1. The van der Waals surface area contributed by atoms with Gasteiger partial charge in [-0.25, -0.2) is 9.78 Å². The van der Waals surface area contributed by atoms with Gasteiger partial charge in [-0.15, -0.1) is 0 Å². The maximum atomic E-state index is 13.1. The van der Waals surface area contributed by atoms with E-state index in [0.717, 1.165) is 28.7 Å². The number of nitriles is 1. The molecule has 1 N–H and O–H groups in total. The summed E-state index contributed by atoms with van der Waals surface area (Å²) in [6.07, 6.45) is 6.59. The first kappa shape index (κ1) is 26.1. The van der Waals surface area contributed by atoms with Crippen LogP contribution in [0.5, 0.6) is 0 Å². The number of hydrogen-bond donors (Lipinski definition) is 1.